The molecule has 0 radical (unpaired) electrons. The van der Waals surface area contributed by atoms with E-state index in [1.54, 1.807) is 0 Å². The predicted molar refractivity (Wildman–Crippen MR) is 67.0 cm³/mol. The first-order valence-corrected chi connectivity index (χ1v) is 5.94. The molecule has 2 aromatic heterocycles. The minimum absolute atomic E-state index is 0.175. The van der Waals surface area contributed by atoms with Crippen molar-refractivity contribution in [1.29, 1.82) is 0 Å². The number of rotatable bonds is 3. The van der Waals surface area contributed by atoms with Gasteiger partial charge in [0.15, 0.2) is 0 Å². The Hall–Kier alpha value is -0.850. The molecule has 2 heterocycles. The summed E-state index contributed by atoms with van der Waals surface area (Å²) in [5, 5.41) is 0.971. The third-order valence-corrected chi connectivity index (χ3v) is 3.13. The Morgan fingerprint density at radius 2 is 2.33 bits per heavy atom. The normalized spacial score (nSPS) is 13.0. The van der Waals surface area contributed by atoms with Crippen molar-refractivity contribution in [1.82, 2.24) is 15.0 Å². The third-order valence-electron chi connectivity index (χ3n) is 2.27. The lowest BCUT2D eigenvalue weighted by atomic mass is 10.3. The number of halogens is 1. The highest BCUT2D eigenvalue weighted by atomic mass is 127. The molecule has 0 aliphatic rings. The molecule has 0 unspecified atom stereocenters. The molecule has 2 aromatic rings. The van der Waals surface area contributed by atoms with E-state index in [0.717, 1.165) is 21.0 Å². The van der Waals surface area contributed by atoms with Gasteiger partial charge in [0.25, 0.3) is 0 Å². The molecule has 15 heavy (non-hydrogen) atoms. The third kappa shape index (κ3) is 2.06. The van der Waals surface area contributed by atoms with Crippen molar-refractivity contribution in [2.45, 2.75) is 26.4 Å². The maximum absolute atomic E-state index is 5.74. The van der Waals surface area contributed by atoms with Gasteiger partial charge in [-0.15, -0.1) is 0 Å². The summed E-state index contributed by atoms with van der Waals surface area (Å²) >= 11 is 2.25. The first-order valence-electron chi connectivity index (χ1n) is 4.86. The summed E-state index contributed by atoms with van der Waals surface area (Å²) < 4.78 is 6.82. The molecule has 0 fully saturated rings. The second kappa shape index (κ2) is 4.34. The van der Waals surface area contributed by atoms with Crippen LogP contribution in [-0.4, -0.2) is 21.1 Å². The average molecular weight is 317 g/mol. The second-order valence-corrected chi connectivity index (χ2v) is 4.54. The lowest BCUT2D eigenvalue weighted by Crippen LogP contribution is -2.11. The molecule has 1 N–H and O–H groups in total. The van der Waals surface area contributed by atoms with E-state index >= 15 is 0 Å². The largest absolute Gasteiger partial charge is 0.474 e. The lowest BCUT2D eigenvalue weighted by Gasteiger charge is -2.11. The minimum Gasteiger partial charge on any atom is -0.474 e. The number of hydrogen-bond acceptors (Lipinski definition) is 3. The Morgan fingerprint density at radius 3 is 3.07 bits per heavy atom. The van der Waals surface area contributed by atoms with E-state index in [9.17, 15) is 0 Å². The standard InChI is InChI=1S/C10H12IN3O/c1-3-6(2)15-10-8-7(11)4-12-9(8)13-5-14-10/h4-6H,3H2,1-2H3,(H,12,13,14)/t6-/m0/s1. The van der Waals surface area contributed by atoms with Crippen LogP contribution in [0.3, 0.4) is 0 Å². The van der Waals surface area contributed by atoms with E-state index in [4.69, 9.17) is 4.74 Å². The monoisotopic (exact) mass is 317 g/mol. The highest BCUT2D eigenvalue weighted by Crippen LogP contribution is 2.26. The fourth-order valence-electron chi connectivity index (χ4n) is 1.26. The van der Waals surface area contributed by atoms with E-state index in [0.29, 0.717) is 5.88 Å². The van der Waals surface area contributed by atoms with Crippen molar-refractivity contribution in [3.8, 4) is 5.88 Å². The molecular formula is C10H12IN3O. The quantitative estimate of drug-likeness (QED) is 0.886. The summed E-state index contributed by atoms with van der Waals surface area (Å²) in [5.74, 6) is 0.667. The second-order valence-electron chi connectivity index (χ2n) is 3.38. The summed E-state index contributed by atoms with van der Waals surface area (Å²) in [5.41, 5.74) is 0.827. The average Bonchev–Trinajstić information content (AvgIpc) is 2.61. The molecule has 0 amide bonds. The van der Waals surface area contributed by atoms with Gasteiger partial charge in [-0.3, -0.25) is 0 Å². The molecule has 80 valence electrons. The SMILES string of the molecule is CC[C@H](C)Oc1ncnc2[nH]cc(I)c12. The highest BCUT2D eigenvalue weighted by molar-refractivity contribution is 14.1. The molecule has 5 heteroatoms. The Bertz CT molecular complexity index is 469. The Balaban J connectivity index is 2.45. The number of nitrogens with zero attached hydrogens (tertiary/aromatic N) is 2. The van der Waals surface area contributed by atoms with Crippen molar-refractivity contribution < 1.29 is 4.74 Å². The topological polar surface area (TPSA) is 50.8 Å². The van der Waals surface area contributed by atoms with Crippen LogP contribution in [0.2, 0.25) is 0 Å². The van der Waals surface area contributed by atoms with Gasteiger partial charge in [0.2, 0.25) is 5.88 Å². The molecule has 4 nitrogen and oxygen atoms in total. The molecule has 0 bridgehead atoms. The van der Waals surface area contributed by atoms with Gasteiger partial charge in [-0.25, -0.2) is 9.97 Å². The van der Waals surface area contributed by atoms with E-state index in [2.05, 4.69) is 44.5 Å². The summed E-state index contributed by atoms with van der Waals surface area (Å²) in [6, 6.07) is 0. The number of nitrogens with one attached hydrogen (secondary N) is 1. The van der Waals surface area contributed by atoms with Crippen LogP contribution in [0.15, 0.2) is 12.5 Å². The molecule has 0 saturated carbocycles. The van der Waals surface area contributed by atoms with Crippen molar-refractivity contribution in [2.75, 3.05) is 0 Å². The molecule has 0 saturated heterocycles. The Morgan fingerprint density at radius 1 is 1.53 bits per heavy atom. The summed E-state index contributed by atoms with van der Waals surface area (Å²) in [4.78, 5) is 11.4. The highest BCUT2D eigenvalue weighted by Gasteiger charge is 2.12. The van der Waals surface area contributed by atoms with Gasteiger partial charge < -0.3 is 9.72 Å². The number of hydrogen-bond donors (Lipinski definition) is 1. The molecule has 0 aromatic carbocycles. The smallest absolute Gasteiger partial charge is 0.227 e. The number of H-pyrrole nitrogens is 1. The fraction of sp³-hybridized carbons (Fsp3) is 0.400. The van der Waals surface area contributed by atoms with Crippen LogP contribution in [0.4, 0.5) is 0 Å². The molecule has 2 rings (SSSR count). The van der Waals surface area contributed by atoms with Crippen LogP contribution in [0, 0.1) is 3.57 Å². The van der Waals surface area contributed by atoms with E-state index in [1.165, 1.54) is 6.33 Å². The van der Waals surface area contributed by atoms with Crippen LogP contribution in [0.5, 0.6) is 5.88 Å². The molecule has 0 aliphatic carbocycles. The van der Waals surface area contributed by atoms with E-state index < -0.39 is 0 Å². The number of ether oxygens (including phenoxy) is 1. The van der Waals surface area contributed by atoms with Crippen LogP contribution < -0.4 is 4.74 Å². The molecular weight excluding hydrogens is 305 g/mol. The zero-order valence-electron chi connectivity index (χ0n) is 8.62. The Kier molecular flexibility index (Phi) is 3.08. The van der Waals surface area contributed by atoms with Crippen LogP contribution in [0.25, 0.3) is 11.0 Å². The van der Waals surface area contributed by atoms with Crippen LogP contribution >= 0.6 is 22.6 Å². The van der Waals surface area contributed by atoms with Gasteiger partial charge in [0.05, 0.1) is 11.5 Å². The van der Waals surface area contributed by atoms with Gasteiger partial charge in [0, 0.05) is 9.77 Å². The zero-order valence-corrected chi connectivity index (χ0v) is 10.8. The first kappa shape index (κ1) is 10.7. The fourth-order valence-corrected chi connectivity index (χ4v) is 1.90. The van der Waals surface area contributed by atoms with Crippen molar-refractivity contribution >= 4 is 33.6 Å². The van der Waals surface area contributed by atoms with Gasteiger partial charge >= 0.3 is 0 Å². The first-order chi connectivity index (χ1) is 7.22. The van der Waals surface area contributed by atoms with Gasteiger partial charge in [-0.1, -0.05) is 6.92 Å². The lowest BCUT2D eigenvalue weighted by molar-refractivity contribution is 0.211. The summed E-state index contributed by atoms with van der Waals surface area (Å²) in [7, 11) is 0. The van der Waals surface area contributed by atoms with Crippen LogP contribution in [0.1, 0.15) is 20.3 Å². The van der Waals surface area contributed by atoms with Crippen molar-refractivity contribution in [3.05, 3.63) is 16.1 Å². The maximum Gasteiger partial charge on any atom is 0.227 e. The van der Waals surface area contributed by atoms with Crippen molar-refractivity contribution in [2.24, 2.45) is 0 Å². The number of fused-ring (bicyclic) bond motifs is 1. The number of aromatic nitrogens is 3. The van der Waals surface area contributed by atoms with Gasteiger partial charge in [-0.2, -0.15) is 0 Å². The zero-order chi connectivity index (χ0) is 10.8. The van der Waals surface area contributed by atoms with E-state index in [1.807, 2.05) is 13.1 Å². The minimum atomic E-state index is 0.175. The predicted octanol–water partition coefficient (Wildman–Crippen LogP) is 2.74. The molecule has 1 atom stereocenters. The van der Waals surface area contributed by atoms with E-state index in [-0.39, 0.29) is 6.10 Å². The van der Waals surface area contributed by atoms with Crippen LogP contribution in [-0.2, 0) is 0 Å². The van der Waals surface area contributed by atoms with Crippen molar-refractivity contribution in [3.63, 3.8) is 0 Å². The van der Waals surface area contributed by atoms with Gasteiger partial charge in [-0.05, 0) is 35.9 Å². The summed E-state index contributed by atoms with van der Waals surface area (Å²) in [6.07, 6.45) is 4.57. The molecule has 0 spiro atoms. The maximum atomic E-state index is 5.74. The van der Waals surface area contributed by atoms with Gasteiger partial charge in [0.1, 0.15) is 12.0 Å². The summed E-state index contributed by atoms with van der Waals surface area (Å²) in [6.45, 7) is 4.12. The Labute approximate surface area is 102 Å². The molecule has 0 aliphatic heterocycles. The number of aromatic amines is 1.